The van der Waals surface area contributed by atoms with Gasteiger partial charge in [0.05, 0.1) is 13.2 Å². The Bertz CT molecular complexity index is 539. The van der Waals surface area contributed by atoms with Crippen molar-refractivity contribution >= 4 is 0 Å². The van der Waals surface area contributed by atoms with Crippen molar-refractivity contribution in [3.8, 4) is 11.5 Å². The van der Waals surface area contributed by atoms with Crippen LogP contribution in [0.2, 0.25) is 0 Å². The molecule has 1 aromatic rings. The van der Waals surface area contributed by atoms with E-state index in [9.17, 15) is 5.11 Å². The average Bonchev–Trinajstić information content (AvgIpc) is 2.48. The predicted molar refractivity (Wildman–Crippen MR) is 85.5 cm³/mol. The van der Waals surface area contributed by atoms with E-state index >= 15 is 0 Å². The largest absolute Gasteiger partial charge is 0.493 e. The topological polar surface area (TPSA) is 45.2 Å². The number of hydrogen-bond acceptors (Lipinski definition) is 5. The molecule has 2 atom stereocenters. The maximum absolute atomic E-state index is 11.0. The Balaban J connectivity index is 1.95. The lowest BCUT2D eigenvalue weighted by atomic mass is 9.84. The highest BCUT2D eigenvalue weighted by Gasteiger charge is 2.47. The molecule has 122 valence electrons. The van der Waals surface area contributed by atoms with Crippen LogP contribution >= 0.6 is 0 Å². The molecule has 5 nitrogen and oxygen atoms in total. The standard InChI is InChI=1S/C17H26N2O3/c1-17(2)16(19-10-8-18(3)9-11-19)14(20)12-6-5-7-13(21-4)15(12)22-17/h5-7,14,16,20H,8-11H2,1-4H3. The van der Waals surface area contributed by atoms with Crippen molar-refractivity contribution in [1.82, 2.24) is 9.80 Å². The van der Waals surface area contributed by atoms with Gasteiger partial charge in [-0.15, -0.1) is 0 Å². The van der Waals surface area contributed by atoms with E-state index in [1.54, 1.807) is 7.11 Å². The third-order valence-electron chi connectivity index (χ3n) is 4.86. The van der Waals surface area contributed by atoms with Gasteiger partial charge in [-0.2, -0.15) is 0 Å². The molecular formula is C17H26N2O3. The number of methoxy groups -OCH3 is 1. The van der Waals surface area contributed by atoms with Crippen LogP contribution < -0.4 is 9.47 Å². The van der Waals surface area contributed by atoms with Gasteiger partial charge in [0.15, 0.2) is 11.5 Å². The van der Waals surface area contributed by atoms with Crippen molar-refractivity contribution in [2.75, 3.05) is 40.3 Å². The molecule has 0 saturated carbocycles. The molecule has 0 aliphatic carbocycles. The second kappa shape index (κ2) is 5.72. The summed E-state index contributed by atoms with van der Waals surface area (Å²) in [6, 6.07) is 5.66. The van der Waals surface area contributed by atoms with Gasteiger partial charge in [-0.25, -0.2) is 0 Å². The monoisotopic (exact) mass is 306 g/mol. The zero-order chi connectivity index (χ0) is 15.9. The van der Waals surface area contributed by atoms with E-state index < -0.39 is 11.7 Å². The fourth-order valence-corrected chi connectivity index (χ4v) is 3.65. The van der Waals surface area contributed by atoms with Gasteiger partial charge in [-0.05, 0) is 27.0 Å². The third kappa shape index (κ3) is 2.57. The maximum Gasteiger partial charge on any atom is 0.167 e. The average molecular weight is 306 g/mol. The minimum atomic E-state index is -0.572. The van der Waals surface area contributed by atoms with Gasteiger partial charge in [0.25, 0.3) is 0 Å². The van der Waals surface area contributed by atoms with Crippen LogP contribution in [0.1, 0.15) is 25.5 Å². The number of piperazine rings is 1. The van der Waals surface area contributed by atoms with Gasteiger partial charge in [-0.1, -0.05) is 12.1 Å². The predicted octanol–water partition coefficient (Wildman–Crippen LogP) is 1.52. The van der Waals surface area contributed by atoms with Gasteiger partial charge in [0.1, 0.15) is 11.7 Å². The lowest BCUT2D eigenvalue weighted by molar-refractivity contribution is -0.0927. The molecule has 2 heterocycles. The molecule has 0 amide bonds. The van der Waals surface area contributed by atoms with Crippen molar-refractivity contribution in [3.63, 3.8) is 0 Å². The molecule has 1 N–H and O–H groups in total. The molecule has 2 aliphatic heterocycles. The van der Waals surface area contributed by atoms with E-state index in [4.69, 9.17) is 9.47 Å². The number of ether oxygens (including phenoxy) is 2. The lowest BCUT2D eigenvalue weighted by Gasteiger charge is -2.50. The normalized spacial score (nSPS) is 28.8. The Labute approximate surface area is 132 Å². The van der Waals surface area contributed by atoms with Crippen LogP contribution in [0.3, 0.4) is 0 Å². The molecule has 0 radical (unpaired) electrons. The summed E-state index contributed by atoms with van der Waals surface area (Å²) in [6.07, 6.45) is -0.572. The number of rotatable bonds is 2. The first-order valence-electron chi connectivity index (χ1n) is 7.90. The number of likely N-dealkylation sites (N-methyl/N-ethyl adjacent to an activating group) is 1. The number of aliphatic hydroxyl groups excluding tert-OH is 1. The molecule has 2 aliphatic rings. The summed E-state index contributed by atoms with van der Waals surface area (Å²) < 4.78 is 11.7. The first-order chi connectivity index (χ1) is 10.4. The van der Waals surface area contributed by atoms with E-state index in [0.29, 0.717) is 11.5 Å². The summed E-state index contributed by atoms with van der Waals surface area (Å²) in [6.45, 7) is 8.03. The maximum atomic E-state index is 11.0. The summed E-state index contributed by atoms with van der Waals surface area (Å²) in [5.74, 6) is 1.36. The quantitative estimate of drug-likeness (QED) is 0.897. The zero-order valence-corrected chi connectivity index (χ0v) is 13.9. The summed E-state index contributed by atoms with van der Waals surface area (Å²) in [5.41, 5.74) is 0.347. The van der Waals surface area contributed by atoms with E-state index in [1.165, 1.54) is 0 Å². The molecule has 5 heteroatoms. The summed E-state index contributed by atoms with van der Waals surface area (Å²) in [4.78, 5) is 4.67. The first-order valence-corrected chi connectivity index (χ1v) is 7.90. The van der Waals surface area contributed by atoms with Crippen molar-refractivity contribution in [2.24, 2.45) is 0 Å². The Hall–Kier alpha value is -1.30. The highest BCUT2D eigenvalue weighted by Crippen LogP contribution is 2.46. The number of nitrogens with zero attached hydrogens (tertiary/aromatic N) is 2. The van der Waals surface area contributed by atoms with Crippen LogP contribution in [-0.4, -0.2) is 66.9 Å². The Morgan fingerprint density at radius 2 is 1.91 bits per heavy atom. The van der Waals surface area contributed by atoms with Crippen LogP contribution in [0.5, 0.6) is 11.5 Å². The number of hydrogen-bond donors (Lipinski definition) is 1. The number of aliphatic hydroxyl groups is 1. The molecule has 1 saturated heterocycles. The molecule has 2 unspecified atom stereocenters. The van der Waals surface area contributed by atoms with Crippen LogP contribution in [-0.2, 0) is 0 Å². The number of fused-ring (bicyclic) bond motifs is 1. The minimum Gasteiger partial charge on any atom is -0.493 e. The van der Waals surface area contributed by atoms with E-state index in [0.717, 1.165) is 31.7 Å². The van der Waals surface area contributed by atoms with Gasteiger partial charge >= 0.3 is 0 Å². The molecule has 0 bridgehead atoms. The van der Waals surface area contributed by atoms with Crippen LogP contribution in [0, 0.1) is 0 Å². The van der Waals surface area contributed by atoms with Crippen LogP contribution in [0.25, 0.3) is 0 Å². The van der Waals surface area contributed by atoms with Crippen molar-refractivity contribution in [1.29, 1.82) is 0 Å². The highest BCUT2D eigenvalue weighted by molar-refractivity contribution is 5.50. The van der Waals surface area contributed by atoms with Gasteiger partial charge in [0, 0.05) is 31.7 Å². The van der Waals surface area contributed by atoms with E-state index in [-0.39, 0.29) is 6.04 Å². The van der Waals surface area contributed by atoms with Crippen molar-refractivity contribution < 1.29 is 14.6 Å². The molecule has 3 rings (SSSR count). The van der Waals surface area contributed by atoms with Crippen LogP contribution in [0.15, 0.2) is 18.2 Å². The van der Waals surface area contributed by atoms with Crippen molar-refractivity contribution in [2.45, 2.75) is 31.6 Å². The number of para-hydroxylation sites is 1. The lowest BCUT2D eigenvalue weighted by Crippen LogP contribution is -2.61. The summed E-state index contributed by atoms with van der Waals surface area (Å²) in [5, 5.41) is 11.0. The Kier molecular flexibility index (Phi) is 4.05. The molecule has 0 aromatic heterocycles. The van der Waals surface area contributed by atoms with E-state index in [1.807, 2.05) is 18.2 Å². The molecule has 1 aromatic carbocycles. The SMILES string of the molecule is COc1cccc2c1OC(C)(C)C(N1CCN(C)CC1)C2O. The minimum absolute atomic E-state index is 0.0548. The second-order valence-corrected chi connectivity index (χ2v) is 6.81. The molecule has 1 fully saturated rings. The molecular weight excluding hydrogens is 280 g/mol. The van der Waals surface area contributed by atoms with Crippen molar-refractivity contribution in [3.05, 3.63) is 23.8 Å². The molecule has 0 spiro atoms. The Morgan fingerprint density at radius 3 is 2.55 bits per heavy atom. The fourth-order valence-electron chi connectivity index (χ4n) is 3.65. The highest BCUT2D eigenvalue weighted by atomic mass is 16.5. The molecule has 22 heavy (non-hydrogen) atoms. The van der Waals surface area contributed by atoms with Gasteiger partial charge < -0.3 is 19.5 Å². The number of benzene rings is 1. The second-order valence-electron chi connectivity index (χ2n) is 6.81. The third-order valence-corrected chi connectivity index (χ3v) is 4.86. The fraction of sp³-hybridized carbons (Fsp3) is 0.647. The zero-order valence-electron chi connectivity index (χ0n) is 13.9. The Morgan fingerprint density at radius 1 is 1.23 bits per heavy atom. The smallest absolute Gasteiger partial charge is 0.167 e. The van der Waals surface area contributed by atoms with Crippen LogP contribution in [0.4, 0.5) is 0 Å². The van der Waals surface area contributed by atoms with Gasteiger partial charge in [-0.3, -0.25) is 4.90 Å². The first kappa shape index (κ1) is 15.6. The summed E-state index contributed by atoms with van der Waals surface area (Å²) in [7, 11) is 3.77. The van der Waals surface area contributed by atoms with E-state index in [2.05, 4.69) is 30.7 Å². The van der Waals surface area contributed by atoms with Gasteiger partial charge in [0.2, 0.25) is 0 Å². The summed E-state index contributed by atoms with van der Waals surface area (Å²) >= 11 is 0.